The minimum Gasteiger partial charge on any atom is -0.387 e. The van der Waals surface area contributed by atoms with Gasteiger partial charge in [-0.1, -0.05) is 28.9 Å². The van der Waals surface area contributed by atoms with Crippen molar-refractivity contribution < 1.29 is 9.63 Å². The molecule has 0 atom stereocenters. The van der Waals surface area contributed by atoms with E-state index in [1.165, 1.54) is 0 Å². The number of benzene rings is 1. The Labute approximate surface area is 81.2 Å². The molecule has 0 radical (unpaired) electrons. The Kier molecular flexibility index (Phi) is 2.28. The summed E-state index contributed by atoms with van der Waals surface area (Å²) in [6, 6.07) is 7.79. The first-order valence-corrected chi connectivity index (χ1v) is 4.30. The summed E-state index contributed by atoms with van der Waals surface area (Å²) < 4.78 is 4.80. The van der Waals surface area contributed by atoms with E-state index < -0.39 is 0 Å². The maximum absolute atomic E-state index is 8.76. The first-order valence-electron chi connectivity index (χ1n) is 4.30. The standard InChI is InChI=1S/C10H10N2O2/c1-7-3-2-4-8(5-7)10-11-9(6-13)14-12-10/h2-5,13H,6H2,1H3. The molecule has 1 heterocycles. The molecular weight excluding hydrogens is 180 g/mol. The van der Waals surface area contributed by atoms with Crippen molar-refractivity contribution in [3.63, 3.8) is 0 Å². The summed E-state index contributed by atoms with van der Waals surface area (Å²) in [5, 5.41) is 12.5. The van der Waals surface area contributed by atoms with Crippen LogP contribution in [-0.2, 0) is 6.61 Å². The van der Waals surface area contributed by atoms with E-state index in [1.54, 1.807) is 0 Å². The lowest BCUT2D eigenvalue weighted by molar-refractivity contribution is 0.222. The Hall–Kier alpha value is -1.68. The third kappa shape index (κ3) is 1.65. The molecule has 0 aliphatic carbocycles. The quantitative estimate of drug-likeness (QED) is 0.780. The summed E-state index contributed by atoms with van der Waals surface area (Å²) in [5.41, 5.74) is 2.03. The van der Waals surface area contributed by atoms with Gasteiger partial charge in [0.25, 0.3) is 5.89 Å². The largest absolute Gasteiger partial charge is 0.387 e. The zero-order valence-corrected chi connectivity index (χ0v) is 7.77. The van der Waals surface area contributed by atoms with Crippen LogP contribution in [0.4, 0.5) is 0 Å². The van der Waals surface area contributed by atoms with Gasteiger partial charge in [-0.3, -0.25) is 0 Å². The van der Waals surface area contributed by atoms with E-state index in [1.807, 2.05) is 31.2 Å². The number of hydrogen-bond donors (Lipinski definition) is 1. The molecule has 4 heteroatoms. The number of aliphatic hydroxyl groups is 1. The molecule has 0 fully saturated rings. The van der Waals surface area contributed by atoms with Gasteiger partial charge in [-0.25, -0.2) is 0 Å². The van der Waals surface area contributed by atoms with Gasteiger partial charge in [0.2, 0.25) is 5.82 Å². The summed E-state index contributed by atoms with van der Waals surface area (Å²) in [6.07, 6.45) is 0. The molecule has 0 saturated carbocycles. The zero-order chi connectivity index (χ0) is 9.97. The monoisotopic (exact) mass is 190 g/mol. The predicted molar refractivity (Wildman–Crippen MR) is 50.4 cm³/mol. The van der Waals surface area contributed by atoms with Gasteiger partial charge in [-0.15, -0.1) is 0 Å². The van der Waals surface area contributed by atoms with E-state index in [-0.39, 0.29) is 12.5 Å². The molecule has 0 amide bonds. The minimum atomic E-state index is -0.223. The molecule has 0 spiro atoms. The lowest BCUT2D eigenvalue weighted by Gasteiger charge is -1.94. The average Bonchev–Trinajstić information content (AvgIpc) is 2.66. The lowest BCUT2D eigenvalue weighted by atomic mass is 10.1. The van der Waals surface area contributed by atoms with E-state index in [2.05, 4.69) is 10.1 Å². The highest BCUT2D eigenvalue weighted by Gasteiger charge is 2.06. The van der Waals surface area contributed by atoms with Crippen molar-refractivity contribution in [3.8, 4) is 11.4 Å². The van der Waals surface area contributed by atoms with Crippen LogP contribution in [0.1, 0.15) is 11.5 Å². The summed E-state index contributed by atoms with van der Waals surface area (Å²) >= 11 is 0. The number of aromatic nitrogens is 2. The van der Waals surface area contributed by atoms with Crippen molar-refractivity contribution in [2.24, 2.45) is 0 Å². The Morgan fingerprint density at radius 1 is 1.43 bits per heavy atom. The molecule has 2 aromatic rings. The van der Waals surface area contributed by atoms with Crippen molar-refractivity contribution in [2.45, 2.75) is 13.5 Å². The normalized spacial score (nSPS) is 10.4. The van der Waals surface area contributed by atoms with Crippen LogP contribution in [-0.4, -0.2) is 15.2 Å². The van der Waals surface area contributed by atoms with Gasteiger partial charge >= 0.3 is 0 Å². The molecule has 1 aromatic heterocycles. The van der Waals surface area contributed by atoms with E-state index >= 15 is 0 Å². The summed E-state index contributed by atoms with van der Waals surface area (Å²) in [5.74, 6) is 0.749. The van der Waals surface area contributed by atoms with Crippen LogP contribution in [0.3, 0.4) is 0 Å². The molecule has 0 aliphatic rings. The van der Waals surface area contributed by atoms with Crippen LogP contribution in [0.2, 0.25) is 0 Å². The summed E-state index contributed by atoms with van der Waals surface area (Å²) in [4.78, 5) is 4.01. The molecular formula is C10H10N2O2. The molecule has 4 nitrogen and oxygen atoms in total. The number of aliphatic hydroxyl groups excluding tert-OH is 1. The Bertz CT molecular complexity index is 437. The van der Waals surface area contributed by atoms with Crippen LogP contribution in [0.25, 0.3) is 11.4 Å². The fourth-order valence-electron chi connectivity index (χ4n) is 1.22. The van der Waals surface area contributed by atoms with Crippen LogP contribution >= 0.6 is 0 Å². The molecule has 1 aromatic carbocycles. The van der Waals surface area contributed by atoms with Gasteiger partial charge in [-0.05, 0) is 13.0 Å². The predicted octanol–water partition coefficient (Wildman–Crippen LogP) is 1.54. The summed E-state index contributed by atoms with van der Waals surface area (Å²) in [7, 11) is 0. The highest BCUT2D eigenvalue weighted by atomic mass is 16.5. The fraction of sp³-hybridized carbons (Fsp3) is 0.200. The second kappa shape index (κ2) is 3.59. The molecule has 0 aliphatic heterocycles. The molecule has 0 bridgehead atoms. The smallest absolute Gasteiger partial charge is 0.252 e. The molecule has 2 rings (SSSR count). The fourth-order valence-corrected chi connectivity index (χ4v) is 1.22. The van der Waals surface area contributed by atoms with E-state index in [4.69, 9.17) is 9.63 Å². The highest BCUT2D eigenvalue weighted by Crippen LogP contribution is 2.16. The van der Waals surface area contributed by atoms with Crippen LogP contribution in [0.5, 0.6) is 0 Å². The number of aryl methyl sites for hydroxylation is 1. The Morgan fingerprint density at radius 2 is 2.29 bits per heavy atom. The Balaban J connectivity index is 2.39. The zero-order valence-electron chi connectivity index (χ0n) is 7.77. The van der Waals surface area contributed by atoms with Crippen molar-refractivity contribution >= 4 is 0 Å². The second-order valence-electron chi connectivity index (χ2n) is 3.04. The SMILES string of the molecule is Cc1cccc(-c2noc(CO)n2)c1. The maximum Gasteiger partial charge on any atom is 0.252 e. The van der Waals surface area contributed by atoms with E-state index in [9.17, 15) is 0 Å². The van der Waals surface area contributed by atoms with Crippen molar-refractivity contribution in [1.29, 1.82) is 0 Å². The van der Waals surface area contributed by atoms with Crippen LogP contribution < -0.4 is 0 Å². The lowest BCUT2D eigenvalue weighted by Crippen LogP contribution is -1.84. The van der Waals surface area contributed by atoms with E-state index in [0.29, 0.717) is 5.82 Å². The third-order valence-electron chi connectivity index (χ3n) is 1.88. The molecule has 72 valence electrons. The van der Waals surface area contributed by atoms with Gasteiger partial charge < -0.3 is 9.63 Å². The van der Waals surface area contributed by atoms with Crippen molar-refractivity contribution in [3.05, 3.63) is 35.7 Å². The number of hydrogen-bond acceptors (Lipinski definition) is 4. The average molecular weight is 190 g/mol. The maximum atomic E-state index is 8.76. The first kappa shape index (κ1) is 8.90. The van der Waals surface area contributed by atoms with Crippen LogP contribution in [0.15, 0.2) is 28.8 Å². The Morgan fingerprint density at radius 3 is 2.93 bits per heavy atom. The molecule has 14 heavy (non-hydrogen) atoms. The van der Waals surface area contributed by atoms with Crippen molar-refractivity contribution in [1.82, 2.24) is 10.1 Å². The van der Waals surface area contributed by atoms with Gasteiger partial charge in [0, 0.05) is 5.56 Å². The van der Waals surface area contributed by atoms with Crippen molar-refractivity contribution in [2.75, 3.05) is 0 Å². The van der Waals surface area contributed by atoms with Gasteiger partial charge in [0.15, 0.2) is 0 Å². The summed E-state index contributed by atoms with van der Waals surface area (Å²) in [6.45, 7) is 1.77. The highest BCUT2D eigenvalue weighted by molar-refractivity contribution is 5.55. The van der Waals surface area contributed by atoms with Crippen LogP contribution in [0, 0.1) is 6.92 Å². The van der Waals surface area contributed by atoms with Gasteiger partial charge in [0.05, 0.1) is 0 Å². The minimum absolute atomic E-state index is 0.223. The molecule has 1 N–H and O–H groups in total. The third-order valence-corrected chi connectivity index (χ3v) is 1.88. The number of rotatable bonds is 2. The van der Waals surface area contributed by atoms with Gasteiger partial charge in [-0.2, -0.15) is 4.98 Å². The topological polar surface area (TPSA) is 59.2 Å². The molecule has 0 unspecified atom stereocenters. The first-order chi connectivity index (χ1) is 6.79. The van der Waals surface area contributed by atoms with Gasteiger partial charge in [0.1, 0.15) is 6.61 Å². The second-order valence-corrected chi connectivity index (χ2v) is 3.04. The van der Waals surface area contributed by atoms with E-state index in [0.717, 1.165) is 11.1 Å². The number of nitrogens with zero attached hydrogens (tertiary/aromatic N) is 2. The molecule has 0 saturated heterocycles.